The third kappa shape index (κ3) is 4.86. The molecule has 0 saturated heterocycles. The van der Waals surface area contributed by atoms with Gasteiger partial charge in [0, 0.05) is 17.1 Å². The summed E-state index contributed by atoms with van der Waals surface area (Å²) in [5.74, 6) is -1.01. The number of nitrogens with zero attached hydrogens (tertiary/aromatic N) is 2. The Morgan fingerprint density at radius 3 is 2.74 bits per heavy atom. The molecule has 0 saturated carbocycles. The van der Waals surface area contributed by atoms with E-state index in [1.165, 1.54) is 16.2 Å². The van der Waals surface area contributed by atoms with Crippen LogP contribution in [0.2, 0.25) is 0 Å². The van der Waals surface area contributed by atoms with Crippen molar-refractivity contribution in [2.75, 3.05) is 6.54 Å². The van der Waals surface area contributed by atoms with Crippen LogP contribution in [0.5, 0.6) is 0 Å². The maximum absolute atomic E-state index is 12.0. The molecule has 1 aromatic heterocycles. The number of urea groups is 1. The molecule has 7 heteroatoms. The van der Waals surface area contributed by atoms with E-state index in [4.69, 9.17) is 5.11 Å². The normalized spacial score (nSPS) is 11.9. The van der Waals surface area contributed by atoms with Crippen LogP contribution < -0.4 is 5.32 Å². The zero-order chi connectivity index (χ0) is 14.4. The quantitative estimate of drug-likeness (QED) is 0.835. The van der Waals surface area contributed by atoms with Crippen molar-refractivity contribution in [2.45, 2.75) is 39.8 Å². The molecule has 6 nitrogen and oxygen atoms in total. The van der Waals surface area contributed by atoms with Gasteiger partial charge in [-0.1, -0.05) is 6.92 Å². The molecule has 0 radical (unpaired) electrons. The average Bonchev–Trinajstić information content (AvgIpc) is 2.77. The second kappa shape index (κ2) is 7.08. The lowest BCUT2D eigenvalue weighted by atomic mass is 10.2. The van der Waals surface area contributed by atoms with Crippen LogP contribution in [-0.2, 0) is 11.3 Å². The van der Waals surface area contributed by atoms with E-state index in [1.54, 1.807) is 0 Å². The average molecular weight is 285 g/mol. The Morgan fingerprint density at radius 2 is 2.26 bits per heavy atom. The smallest absolute Gasteiger partial charge is 0.323 e. The highest BCUT2D eigenvalue weighted by Crippen LogP contribution is 2.09. The second-order valence-corrected chi connectivity index (χ2v) is 5.26. The SMILES string of the molecule is CCC(C)N(CC(=O)O)C(=O)NCc1nc(C)cs1. The molecule has 1 atom stereocenters. The number of hydrogen-bond acceptors (Lipinski definition) is 4. The summed E-state index contributed by atoms with van der Waals surface area (Å²) < 4.78 is 0. The van der Waals surface area contributed by atoms with Crippen molar-refractivity contribution in [1.29, 1.82) is 0 Å². The van der Waals surface area contributed by atoms with Gasteiger partial charge in [-0.15, -0.1) is 11.3 Å². The largest absolute Gasteiger partial charge is 0.480 e. The van der Waals surface area contributed by atoms with Gasteiger partial charge < -0.3 is 15.3 Å². The Balaban J connectivity index is 2.58. The number of aryl methyl sites for hydroxylation is 1. The first kappa shape index (κ1) is 15.4. The van der Waals surface area contributed by atoms with Crippen molar-refractivity contribution < 1.29 is 14.7 Å². The zero-order valence-electron chi connectivity index (χ0n) is 11.3. The Hall–Kier alpha value is -1.63. The first-order chi connectivity index (χ1) is 8.93. The van der Waals surface area contributed by atoms with Gasteiger partial charge in [0.15, 0.2) is 0 Å². The van der Waals surface area contributed by atoms with Crippen LogP contribution in [0.25, 0.3) is 0 Å². The van der Waals surface area contributed by atoms with Gasteiger partial charge in [-0.3, -0.25) is 4.79 Å². The molecular formula is C12H19N3O3S. The fourth-order valence-electron chi connectivity index (χ4n) is 1.53. The van der Waals surface area contributed by atoms with Crippen molar-refractivity contribution in [3.8, 4) is 0 Å². The van der Waals surface area contributed by atoms with Gasteiger partial charge >= 0.3 is 12.0 Å². The molecule has 1 rings (SSSR count). The summed E-state index contributed by atoms with van der Waals surface area (Å²) in [6, 6.07) is -0.487. The van der Waals surface area contributed by atoms with Crippen molar-refractivity contribution in [1.82, 2.24) is 15.2 Å². The standard InChI is InChI=1S/C12H19N3O3S/c1-4-9(3)15(6-11(16)17)12(18)13-5-10-14-8(2)7-19-10/h7,9H,4-6H2,1-3H3,(H,13,18)(H,16,17). The Bertz CT molecular complexity index is 447. The van der Waals surface area contributed by atoms with E-state index in [1.807, 2.05) is 26.2 Å². The molecule has 0 aliphatic carbocycles. The third-order valence-corrected chi connectivity index (χ3v) is 3.71. The molecule has 2 amide bonds. The lowest BCUT2D eigenvalue weighted by Gasteiger charge is -2.26. The molecule has 1 heterocycles. The predicted octanol–water partition coefficient (Wildman–Crippen LogP) is 1.85. The minimum Gasteiger partial charge on any atom is -0.480 e. The van der Waals surface area contributed by atoms with Crippen LogP contribution in [0.1, 0.15) is 31.0 Å². The second-order valence-electron chi connectivity index (χ2n) is 4.32. The summed E-state index contributed by atoms with van der Waals surface area (Å²) in [6.45, 7) is 5.66. The molecule has 0 bridgehead atoms. The highest BCUT2D eigenvalue weighted by atomic mass is 32.1. The van der Waals surface area contributed by atoms with Crippen molar-refractivity contribution in [3.63, 3.8) is 0 Å². The van der Waals surface area contributed by atoms with Crippen molar-refractivity contribution >= 4 is 23.3 Å². The minimum absolute atomic E-state index is 0.117. The van der Waals surface area contributed by atoms with Gasteiger partial charge in [0.25, 0.3) is 0 Å². The number of carboxylic acid groups (broad SMARTS) is 1. The van der Waals surface area contributed by atoms with Gasteiger partial charge in [-0.25, -0.2) is 9.78 Å². The molecule has 1 aromatic rings. The predicted molar refractivity (Wildman–Crippen MR) is 73.2 cm³/mol. The van der Waals surface area contributed by atoms with Crippen LogP contribution in [0.4, 0.5) is 4.79 Å². The summed E-state index contributed by atoms with van der Waals surface area (Å²) >= 11 is 1.47. The summed E-state index contributed by atoms with van der Waals surface area (Å²) in [5.41, 5.74) is 0.915. The van der Waals surface area contributed by atoms with E-state index < -0.39 is 5.97 Å². The van der Waals surface area contributed by atoms with Crippen LogP contribution >= 0.6 is 11.3 Å². The molecule has 1 unspecified atom stereocenters. The van der Waals surface area contributed by atoms with Gasteiger partial charge in [-0.05, 0) is 20.3 Å². The van der Waals surface area contributed by atoms with Crippen molar-refractivity contribution in [2.24, 2.45) is 0 Å². The number of thiazole rings is 1. The lowest BCUT2D eigenvalue weighted by molar-refractivity contribution is -0.138. The summed E-state index contributed by atoms with van der Waals surface area (Å²) in [5, 5.41) is 14.3. The number of carbonyl (C=O) groups excluding carboxylic acids is 1. The Kier molecular flexibility index (Phi) is 5.75. The van der Waals surface area contributed by atoms with Crippen LogP contribution in [-0.4, -0.2) is 39.6 Å². The number of rotatable bonds is 6. The molecule has 0 aliphatic rings. The van der Waals surface area contributed by atoms with Crippen LogP contribution in [0.3, 0.4) is 0 Å². The van der Waals surface area contributed by atoms with E-state index in [0.29, 0.717) is 13.0 Å². The lowest BCUT2D eigenvalue weighted by Crippen LogP contribution is -2.47. The van der Waals surface area contributed by atoms with Crippen molar-refractivity contribution in [3.05, 3.63) is 16.1 Å². The first-order valence-corrected chi connectivity index (χ1v) is 6.99. The molecule has 19 heavy (non-hydrogen) atoms. The van der Waals surface area contributed by atoms with Gasteiger partial charge in [-0.2, -0.15) is 0 Å². The molecule has 0 aliphatic heterocycles. The van der Waals surface area contributed by atoms with E-state index in [9.17, 15) is 9.59 Å². The fraction of sp³-hybridized carbons (Fsp3) is 0.583. The number of nitrogens with one attached hydrogen (secondary N) is 1. The molecule has 106 valence electrons. The highest BCUT2D eigenvalue weighted by Gasteiger charge is 2.21. The van der Waals surface area contributed by atoms with E-state index in [2.05, 4.69) is 10.3 Å². The molecular weight excluding hydrogens is 266 g/mol. The van der Waals surface area contributed by atoms with Gasteiger partial charge in [0.2, 0.25) is 0 Å². The maximum atomic E-state index is 12.0. The molecule has 0 fully saturated rings. The number of carboxylic acids is 1. The minimum atomic E-state index is -1.01. The van der Waals surface area contributed by atoms with Gasteiger partial charge in [0.1, 0.15) is 11.6 Å². The summed E-state index contributed by atoms with van der Waals surface area (Å²) in [6.07, 6.45) is 0.705. The van der Waals surface area contributed by atoms with E-state index in [-0.39, 0.29) is 18.6 Å². The van der Waals surface area contributed by atoms with E-state index >= 15 is 0 Å². The Morgan fingerprint density at radius 1 is 1.58 bits per heavy atom. The molecule has 0 aromatic carbocycles. The number of aliphatic carboxylic acids is 1. The van der Waals surface area contributed by atoms with Gasteiger partial charge in [0.05, 0.1) is 6.54 Å². The number of aromatic nitrogens is 1. The maximum Gasteiger partial charge on any atom is 0.323 e. The zero-order valence-corrected chi connectivity index (χ0v) is 12.2. The first-order valence-electron chi connectivity index (χ1n) is 6.11. The fourth-order valence-corrected chi connectivity index (χ4v) is 2.24. The number of carbonyl (C=O) groups is 2. The molecule has 0 spiro atoms. The number of amides is 2. The Labute approximate surface area is 116 Å². The molecule has 2 N–H and O–H groups in total. The van der Waals surface area contributed by atoms with E-state index in [0.717, 1.165) is 10.7 Å². The highest BCUT2D eigenvalue weighted by molar-refractivity contribution is 7.09. The summed E-state index contributed by atoms with van der Waals surface area (Å²) in [7, 11) is 0. The topological polar surface area (TPSA) is 82.5 Å². The van der Waals surface area contributed by atoms with Crippen LogP contribution in [0.15, 0.2) is 5.38 Å². The number of hydrogen-bond donors (Lipinski definition) is 2. The van der Waals surface area contributed by atoms with Crippen LogP contribution in [0, 0.1) is 6.92 Å². The summed E-state index contributed by atoms with van der Waals surface area (Å²) in [4.78, 5) is 28.3. The third-order valence-electron chi connectivity index (χ3n) is 2.75. The monoisotopic (exact) mass is 285 g/mol.